The molecule has 0 aliphatic rings. The Morgan fingerprint density at radius 1 is 0.531 bits per heavy atom. The zero-order chi connectivity index (χ0) is 22.8. The molecular weight excluding hydrogens is 413 g/mol. The quantitative estimate of drug-likeness (QED) is 0.302. The highest BCUT2D eigenvalue weighted by molar-refractivity contribution is 7.63. The second-order valence-corrected chi connectivity index (χ2v) is 12.0. The fraction of sp³-hybridized carbons (Fsp3) is 0.444. The maximum atomic E-state index is 14.1. The van der Waals surface area contributed by atoms with E-state index in [1.54, 1.807) is 0 Å². The third-order valence-corrected chi connectivity index (χ3v) is 9.52. The summed E-state index contributed by atoms with van der Waals surface area (Å²) in [5.41, 5.74) is 3.84. The van der Waals surface area contributed by atoms with Gasteiger partial charge in [0.1, 0.15) is 19.6 Å². The zero-order valence-electron chi connectivity index (χ0n) is 20.0. The van der Waals surface area contributed by atoms with Crippen LogP contribution in [0.25, 0.3) is 0 Å². The number of pyridine rings is 3. The van der Waals surface area contributed by atoms with E-state index in [2.05, 4.69) is 108 Å². The molecule has 3 heterocycles. The highest BCUT2D eigenvalue weighted by Gasteiger charge is 2.22. The van der Waals surface area contributed by atoms with Crippen LogP contribution >= 0.6 is 7.14 Å². The fourth-order valence-electron chi connectivity index (χ4n) is 3.93. The molecule has 0 aliphatic heterocycles. The summed E-state index contributed by atoms with van der Waals surface area (Å²) >= 11 is 0. The Balaban J connectivity index is 1.67. The number of nitrogens with zero attached hydrogens (tertiary/aromatic N) is 3. The molecule has 0 saturated heterocycles. The second kappa shape index (κ2) is 12.1. The van der Waals surface area contributed by atoms with Gasteiger partial charge in [-0.25, -0.2) is 13.7 Å². The van der Waals surface area contributed by atoms with Gasteiger partial charge in [-0.15, -0.1) is 0 Å². The van der Waals surface area contributed by atoms with Gasteiger partial charge < -0.3 is 4.57 Å². The van der Waals surface area contributed by atoms with E-state index in [1.165, 1.54) is 16.7 Å². The topological polar surface area (TPSA) is 28.7 Å². The third kappa shape index (κ3) is 7.38. The van der Waals surface area contributed by atoms with Crippen molar-refractivity contribution in [2.24, 2.45) is 0 Å². The van der Waals surface area contributed by atoms with E-state index in [-0.39, 0.29) is 0 Å². The van der Waals surface area contributed by atoms with Crippen molar-refractivity contribution in [2.45, 2.75) is 59.7 Å². The Kier molecular flexibility index (Phi) is 9.17. The second-order valence-electron chi connectivity index (χ2n) is 8.59. The van der Waals surface area contributed by atoms with Crippen LogP contribution in [0.3, 0.4) is 0 Å². The standard InChI is InChI=1S/C27H39N3OP/c1-4-28-16-7-25(8-17-28)13-22-32(31,23-14-26-9-18-29(5-2)19-10-26)24-15-27-11-20-30(6-3)21-12-27/h7-12,16-21H,4-6,13-15,22-24H2,1-3H3/q+3. The molecule has 0 radical (unpaired) electrons. The minimum atomic E-state index is -2.29. The maximum Gasteiger partial charge on any atom is 0.169 e. The molecule has 170 valence electrons. The van der Waals surface area contributed by atoms with E-state index in [1.807, 2.05) is 0 Å². The average Bonchev–Trinajstić information content (AvgIpc) is 2.86. The first kappa shape index (κ1) is 24.3. The smallest absolute Gasteiger partial charge is 0.169 e. The molecule has 0 spiro atoms. The molecule has 32 heavy (non-hydrogen) atoms. The Hall–Kier alpha value is -2.32. The first-order chi connectivity index (χ1) is 15.5. The van der Waals surface area contributed by atoms with E-state index >= 15 is 0 Å². The lowest BCUT2D eigenvalue weighted by molar-refractivity contribution is -0.693. The summed E-state index contributed by atoms with van der Waals surface area (Å²) < 4.78 is 20.6. The normalized spacial score (nSPS) is 11.6. The van der Waals surface area contributed by atoms with Gasteiger partial charge in [-0.3, -0.25) is 0 Å². The number of rotatable bonds is 12. The highest BCUT2D eigenvalue weighted by Crippen LogP contribution is 2.47. The van der Waals surface area contributed by atoms with Crippen LogP contribution in [0.1, 0.15) is 37.5 Å². The van der Waals surface area contributed by atoms with Gasteiger partial charge in [-0.05, 0) is 56.7 Å². The van der Waals surface area contributed by atoms with E-state index in [0.717, 1.165) is 57.4 Å². The Bertz CT molecular complexity index is 867. The minimum Gasteiger partial charge on any atom is -0.324 e. The molecule has 0 atom stereocenters. The molecule has 0 N–H and O–H groups in total. The van der Waals surface area contributed by atoms with Gasteiger partial charge in [-0.2, -0.15) is 0 Å². The lowest BCUT2D eigenvalue weighted by Gasteiger charge is -2.18. The molecule has 0 bridgehead atoms. The van der Waals surface area contributed by atoms with Crippen LogP contribution in [0.2, 0.25) is 0 Å². The molecule has 3 aromatic rings. The van der Waals surface area contributed by atoms with Crippen LogP contribution in [0.4, 0.5) is 0 Å². The van der Waals surface area contributed by atoms with E-state index < -0.39 is 7.14 Å². The molecule has 3 aromatic heterocycles. The first-order valence-electron chi connectivity index (χ1n) is 12.0. The molecule has 5 heteroatoms. The Morgan fingerprint density at radius 3 is 1.00 bits per heavy atom. The SMILES string of the molecule is CC[n+]1ccc(CCP(=O)(CCc2cc[n+](CC)cc2)CCc2cc[n+](CC)cc2)cc1. The molecule has 0 aliphatic carbocycles. The lowest BCUT2D eigenvalue weighted by Crippen LogP contribution is -2.31. The van der Waals surface area contributed by atoms with Gasteiger partial charge in [0, 0.05) is 54.9 Å². The van der Waals surface area contributed by atoms with Gasteiger partial charge in [0.25, 0.3) is 0 Å². The van der Waals surface area contributed by atoms with E-state index in [9.17, 15) is 4.57 Å². The lowest BCUT2D eigenvalue weighted by atomic mass is 10.2. The average molecular weight is 453 g/mol. The van der Waals surface area contributed by atoms with Crippen molar-refractivity contribution in [1.29, 1.82) is 0 Å². The van der Waals surface area contributed by atoms with Crippen LogP contribution < -0.4 is 13.7 Å². The third-order valence-electron chi connectivity index (χ3n) is 6.40. The molecule has 0 amide bonds. The van der Waals surface area contributed by atoms with Crippen molar-refractivity contribution < 1.29 is 18.3 Å². The van der Waals surface area contributed by atoms with Gasteiger partial charge in [0.15, 0.2) is 37.2 Å². The monoisotopic (exact) mass is 452 g/mol. The molecule has 0 fully saturated rings. The summed E-state index contributed by atoms with van der Waals surface area (Å²) in [6, 6.07) is 13.1. The van der Waals surface area contributed by atoms with Crippen LogP contribution in [0, 0.1) is 0 Å². The summed E-state index contributed by atoms with van der Waals surface area (Å²) in [5, 5.41) is 0. The first-order valence-corrected chi connectivity index (χ1v) is 14.3. The van der Waals surface area contributed by atoms with Gasteiger partial charge in [-0.1, -0.05) is 0 Å². The molecule has 4 nitrogen and oxygen atoms in total. The van der Waals surface area contributed by atoms with Crippen molar-refractivity contribution in [3.63, 3.8) is 0 Å². The molecule has 3 rings (SSSR count). The fourth-order valence-corrected chi connectivity index (χ4v) is 6.60. The van der Waals surface area contributed by atoms with Crippen molar-refractivity contribution in [2.75, 3.05) is 18.5 Å². The summed E-state index contributed by atoms with van der Waals surface area (Å²) in [7, 11) is -2.29. The summed E-state index contributed by atoms with van der Waals surface area (Å²) in [6.45, 7) is 9.36. The Labute approximate surface area is 194 Å². The maximum absolute atomic E-state index is 14.1. The molecule has 0 unspecified atom stereocenters. The summed E-state index contributed by atoms with van der Waals surface area (Å²) in [6.07, 6.45) is 17.8. The molecule has 0 saturated carbocycles. The molecule has 0 aromatic carbocycles. The summed E-state index contributed by atoms with van der Waals surface area (Å²) in [4.78, 5) is 0. The Morgan fingerprint density at radius 2 is 0.781 bits per heavy atom. The van der Waals surface area contributed by atoms with E-state index in [4.69, 9.17) is 0 Å². The number of aryl methyl sites for hydroxylation is 6. The van der Waals surface area contributed by atoms with Gasteiger partial charge >= 0.3 is 0 Å². The predicted octanol–water partition coefficient (Wildman–Crippen LogP) is 4.00. The van der Waals surface area contributed by atoms with E-state index in [0.29, 0.717) is 0 Å². The van der Waals surface area contributed by atoms with Crippen LogP contribution in [-0.4, -0.2) is 18.5 Å². The molecular formula is C27H39N3OP+3. The minimum absolute atomic E-state index is 0.784. The number of hydrogen-bond donors (Lipinski definition) is 0. The highest BCUT2D eigenvalue weighted by atomic mass is 31.2. The van der Waals surface area contributed by atoms with Crippen LogP contribution in [0.5, 0.6) is 0 Å². The number of hydrogen-bond acceptors (Lipinski definition) is 1. The zero-order valence-corrected chi connectivity index (χ0v) is 20.9. The van der Waals surface area contributed by atoms with Gasteiger partial charge in [0.05, 0.1) is 7.14 Å². The predicted molar refractivity (Wildman–Crippen MR) is 130 cm³/mol. The largest absolute Gasteiger partial charge is 0.324 e. The number of aromatic nitrogens is 3. The van der Waals surface area contributed by atoms with Gasteiger partial charge in [0.2, 0.25) is 0 Å². The van der Waals surface area contributed by atoms with Crippen molar-refractivity contribution in [1.82, 2.24) is 0 Å². The van der Waals surface area contributed by atoms with Crippen molar-refractivity contribution >= 4 is 7.14 Å². The van der Waals surface area contributed by atoms with Crippen LogP contribution in [-0.2, 0) is 43.5 Å². The summed E-state index contributed by atoms with van der Waals surface area (Å²) in [5.74, 6) is 0. The van der Waals surface area contributed by atoms with Crippen LogP contribution in [0.15, 0.2) is 73.6 Å². The van der Waals surface area contributed by atoms with Crippen molar-refractivity contribution in [3.8, 4) is 0 Å². The van der Waals surface area contributed by atoms with Crippen molar-refractivity contribution in [3.05, 3.63) is 90.3 Å².